The van der Waals surface area contributed by atoms with Crippen molar-refractivity contribution in [3.8, 4) is 6.01 Å². The van der Waals surface area contributed by atoms with Gasteiger partial charge >= 0.3 is 6.01 Å². The number of nitrogens with zero attached hydrogens (tertiary/aromatic N) is 4. The van der Waals surface area contributed by atoms with Crippen molar-refractivity contribution in [1.29, 1.82) is 0 Å². The van der Waals surface area contributed by atoms with Gasteiger partial charge in [-0.1, -0.05) is 0 Å². The summed E-state index contributed by atoms with van der Waals surface area (Å²) >= 11 is 0. The topological polar surface area (TPSA) is 115 Å². The van der Waals surface area contributed by atoms with Gasteiger partial charge in [0.25, 0.3) is 10.0 Å². The molecule has 0 atom stereocenters. The lowest BCUT2D eigenvalue weighted by Gasteiger charge is -2.00. The van der Waals surface area contributed by atoms with Gasteiger partial charge in [0.05, 0.1) is 6.61 Å². The second-order valence-corrected chi connectivity index (χ2v) is 5.37. The number of rotatable bonds is 5. The molecule has 0 aliphatic heterocycles. The number of hydrogen-bond donors (Lipinski definition) is 2. The minimum Gasteiger partial charge on any atom is -0.463 e. The highest BCUT2D eigenvalue weighted by atomic mass is 32.2. The van der Waals surface area contributed by atoms with Gasteiger partial charge in [-0.05, 0) is 13.8 Å². The molecule has 104 valence electrons. The van der Waals surface area contributed by atoms with E-state index in [1.807, 2.05) is 0 Å². The Morgan fingerprint density at radius 2 is 2.21 bits per heavy atom. The quantitative estimate of drug-likeness (QED) is 0.802. The van der Waals surface area contributed by atoms with Crippen LogP contribution in [0.2, 0.25) is 0 Å². The molecule has 0 bridgehead atoms. The summed E-state index contributed by atoms with van der Waals surface area (Å²) in [5.41, 5.74) is 0. The second kappa shape index (κ2) is 4.88. The number of hydrogen-bond acceptors (Lipinski definition) is 6. The van der Waals surface area contributed by atoms with E-state index in [-0.39, 0.29) is 17.0 Å². The third kappa shape index (κ3) is 2.84. The molecule has 0 radical (unpaired) electrons. The summed E-state index contributed by atoms with van der Waals surface area (Å²) in [5, 5.41) is 6.04. The first kappa shape index (κ1) is 13.3. The van der Waals surface area contributed by atoms with E-state index in [9.17, 15) is 8.42 Å². The van der Waals surface area contributed by atoms with Gasteiger partial charge in [-0.3, -0.25) is 0 Å². The molecule has 0 spiro atoms. The number of H-pyrrole nitrogens is 1. The van der Waals surface area contributed by atoms with Gasteiger partial charge in [0, 0.05) is 13.2 Å². The second-order valence-electron chi connectivity index (χ2n) is 3.74. The summed E-state index contributed by atoms with van der Waals surface area (Å²) in [6.07, 6.45) is 1.41. The lowest BCUT2D eigenvalue weighted by Crippen LogP contribution is -2.14. The Labute approximate surface area is 110 Å². The molecule has 9 nitrogen and oxygen atoms in total. The number of imidazole rings is 1. The van der Waals surface area contributed by atoms with Gasteiger partial charge in [0.15, 0.2) is 5.03 Å². The van der Waals surface area contributed by atoms with Crippen LogP contribution in [0.4, 0.5) is 5.95 Å². The van der Waals surface area contributed by atoms with Gasteiger partial charge < -0.3 is 9.30 Å². The first-order chi connectivity index (χ1) is 8.92. The van der Waals surface area contributed by atoms with Crippen LogP contribution in [-0.4, -0.2) is 39.8 Å². The molecule has 0 saturated heterocycles. The average Bonchev–Trinajstić information content (AvgIpc) is 2.88. The summed E-state index contributed by atoms with van der Waals surface area (Å²) in [6, 6.07) is 0.0809. The zero-order chi connectivity index (χ0) is 14.0. The first-order valence-corrected chi connectivity index (χ1v) is 6.98. The summed E-state index contributed by atoms with van der Waals surface area (Å²) in [4.78, 5) is 7.77. The van der Waals surface area contributed by atoms with E-state index in [1.54, 1.807) is 25.5 Å². The molecule has 2 aromatic rings. The first-order valence-electron chi connectivity index (χ1n) is 5.50. The van der Waals surface area contributed by atoms with Gasteiger partial charge in [0.2, 0.25) is 5.95 Å². The van der Waals surface area contributed by atoms with Crippen molar-refractivity contribution in [2.45, 2.75) is 18.9 Å². The van der Waals surface area contributed by atoms with Crippen LogP contribution in [0.3, 0.4) is 0 Å². The summed E-state index contributed by atoms with van der Waals surface area (Å²) < 4.78 is 32.9. The molecule has 0 unspecified atom stereocenters. The van der Waals surface area contributed by atoms with Gasteiger partial charge in [0.1, 0.15) is 5.82 Å². The molecule has 0 amide bonds. The van der Waals surface area contributed by atoms with Crippen LogP contribution in [0.5, 0.6) is 6.01 Å². The third-order valence-corrected chi connectivity index (χ3v) is 3.54. The predicted octanol–water partition coefficient (Wildman–Crippen LogP) is 0.0461. The molecular weight excluding hydrogens is 272 g/mol. The molecule has 10 heteroatoms. The largest absolute Gasteiger partial charge is 0.463 e. The lowest BCUT2D eigenvalue weighted by atomic mass is 10.7. The summed E-state index contributed by atoms with van der Waals surface area (Å²) in [6.45, 7) is 3.88. The van der Waals surface area contributed by atoms with E-state index in [0.717, 1.165) is 0 Å². The lowest BCUT2D eigenvalue weighted by molar-refractivity contribution is 0.314. The van der Waals surface area contributed by atoms with Crippen LogP contribution in [-0.2, 0) is 17.1 Å². The van der Waals surface area contributed by atoms with E-state index in [2.05, 4.69) is 24.9 Å². The Morgan fingerprint density at radius 3 is 2.79 bits per heavy atom. The maximum absolute atomic E-state index is 12.0. The molecule has 2 aromatic heterocycles. The number of sulfonamides is 1. The highest BCUT2D eigenvalue weighted by Gasteiger charge is 2.20. The van der Waals surface area contributed by atoms with Crippen LogP contribution in [0.25, 0.3) is 0 Å². The zero-order valence-electron chi connectivity index (χ0n) is 10.7. The molecule has 0 saturated carbocycles. The normalized spacial score (nSPS) is 11.5. The zero-order valence-corrected chi connectivity index (χ0v) is 11.5. The van der Waals surface area contributed by atoms with E-state index >= 15 is 0 Å². The standard InChI is InChI=1S/C9H14N6O3S/c1-4-18-9-11-8(12-13-9)14-19(16,17)7-5-15(3)6(2)10-7/h5H,4H2,1-3H3,(H2,11,12,13,14). The van der Waals surface area contributed by atoms with Crippen LogP contribution in [0, 0.1) is 6.92 Å². The molecule has 2 heterocycles. The Balaban J connectivity index is 2.20. The van der Waals surface area contributed by atoms with Crippen molar-refractivity contribution in [2.75, 3.05) is 11.3 Å². The molecule has 0 aliphatic carbocycles. The molecule has 2 N–H and O–H groups in total. The van der Waals surface area contributed by atoms with Crippen LogP contribution in [0.15, 0.2) is 11.2 Å². The van der Waals surface area contributed by atoms with Gasteiger partial charge in [-0.25, -0.2) is 14.8 Å². The highest BCUT2D eigenvalue weighted by molar-refractivity contribution is 7.92. The summed E-state index contributed by atoms with van der Waals surface area (Å²) in [7, 11) is -2.08. The Kier molecular flexibility index (Phi) is 3.42. The number of ether oxygens (including phenoxy) is 1. The fourth-order valence-corrected chi connectivity index (χ4v) is 2.32. The van der Waals surface area contributed by atoms with E-state index in [1.165, 1.54) is 6.20 Å². The molecular formula is C9H14N6O3S. The summed E-state index contributed by atoms with van der Waals surface area (Å²) in [5.74, 6) is 0.569. The highest BCUT2D eigenvalue weighted by Crippen LogP contribution is 2.13. The third-order valence-electron chi connectivity index (χ3n) is 2.33. The average molecular weight is 286 g/mol. The molecule has 0 aromatic carbocycles. The van der Waals surface area contributed by atoms with Crippen LogP contribution in [0.1, 0.15) is 12.7 Å². The van der Waals surface area contributed by atoms with Crippen molar-refractivity contribution in [1.82, 2.24) is 24.7 Å². The Bertz CT molecular complexity index is 654. The molecule has 2 rings (SSSR count). The van der Waals surface area contributed by atoms with Gasteiger partial charge in [-0.15, -0.1) is 5.10 Å². The monoisotopic (exact) mass is 286 g/mol. The SMILES string of the molecule is CCOc1n[nH]c(NS(=O)(=O)c2cn(C)c(C)n2)n1. The van der Waals surface area contributed by atoms with Crippen LogP contribution >= 0.6 is 0 Å². The van der Waals surface area contributed by atoms with Crippen molar-refractivity contribution in [2.24, 2.45) is 7.05 Å². The number of aromatic amines is 1. The predicted molar refractivity (Wildman–Crippen MR) is 66.3 cm³/mol. The molecule has 0 aliphatic rings. The smallest absolute Gasteiger partial charge is 0.337 e. The Morgan fingerprint density at radius 1 is 1.47 bits per heavy atom. The minimum absolute atomic E-state index is 0.0215. The van der Waals surface area contributed by atoms with Crippen molar-refractivity contribution in [3.63, 3.8) is 0 Å². The van der Waals surface area contributed by atoms with Crippen molar-refractivity contribution >= 4 is 16.0 Å². The number of anilines is 1. The Hall–Kier alpha value is -2.10. The maximum atomic E-state index is 12.0. The number of nitrogens with one attached hydrogen (secondary N) is 2. The molecule has 0 fully saturated rings. The number of aryl methyl sites for hydroxylation is 2. The van der Waals surface area contributed by atoms with E-state index in [4.69, 9.17) is 4.74 Å². The fourth-order valence-electron chi connectivity index (χ4n) is 1.32. The van der Waals surface area contributed by atoms with Gasteiger partial charge in [-0.2, -0.15) is 13.4 Å². The van der Waals surface area contributed by atoms with Crippen LogP contribution < -0.4 is 9.46 Å². The van der Waals surface area contributed by atoms with E-state index in [0.29, 0.717) is 12.4 Å². The van der Waals surface area contributed by atoms with Crippen molar-refractivity contribution in [3.05, 3.63) is 12.0 Å². The van der Waals surface area contributed by atoms with E-state index < -0.39 is 10.0 Å². The fraction of sp³-hybridized carbons (Fsp3) is 0.444. The molecule has 19 heavy (non-hydrogen) atoms. The number of aromatic nitrogens is 5. The minimum atomic E-state index is -3.79. The maximum Gasteiger partial charge on any atom is 0.337 e. The van der Waals surface area contributed by atoms with Crippen molar-refractivity contribution < 1.29 is 13.2 Å².